The fourth-order valence-corrected chi connectivity index (χ4v) is 3.03. The molecule has 0 radical (unpaired) electrons. The lowest BCUT2D eigenvalue weighted by molar-refractivity contribution is -0.116. The number of methoxy groups -OCH3 is 1. The quantitative estimate of drug-likeness (QED) is 0.696. The third-order valence-electron chi connectivity index (χ3n) is 3.36. The van der Waals surface area contributed by atoms with E-state index in [1.54, 1.807) is 18.4 Å². The molecular weight excluding hydrogens is 314 g/mol. The van der Waals surface area contributed by atoms with Crippen LogP contribution in [0.2, 0.25) is 0 Å². The minimum Gasteiger partial charge on any atom is -0.377 e. The molecule has 120 valence electrons. The fourth-order valence-electron chi connectivity index (χ4n) is 2.32. The van der Waals surface area contributed by atoms with Crippen LogP contribution < -0.4 is 5.32 Å². The molecule has 3 rings (SSSR count). The first-order valence-corrected chi connectivity index (χ1v) is 8.05. The number of hydrogen-bond acceptors (Lipinski definition) is 5. The van der Waals surface area contributed by atoms with Crippen molar-refractivity contribution in [1.82, 2.24) is 19.7 Å². The van der Waals surface area contributed by atoms with Gasteiger partial charge in [-0.15, -0.1) is 5.10 Å². The smallest absolute Gasteiger partial charge is 0.248 e. The minimum atomic E-state index is -0.141. The predicted molar refractivity (Wildman–Crippen MR) is 87.2 cm³/mol. The maximum Gasteiger partial charge on any atom is 0.248 e. The largest absolute Gasteiger partial charge is 0.377 e. The van der Waals surface area contributed by atoms with Gasteiger partial charge >= 0.3 is 0 Å². The van der Waals surface area contributed by atoms with Gasteiger partial charge in [0.1, 0.15) is 6.61 Å². The Morgan fingerprint density at radius 1 is 1.48 bits per heavy atom. The van der Waals surface area contributed by atoms with Crippen LogP contribution in [0.15, 0.2) is 41.4 Å². The second-order valence-corrected chi connectivity index (χ2v) is 5.77. The first-order valence-electron chi connectivity index (χ1n) is 7.11. The van der Waals surface area contributed by atoms with Gasteiger partial charge < -0.3 is 9.30 Å². The van der Waals surface area contributed by atoms with Gasteiger partial charge in [0.2, 0.25) is 11.9 Å². The molecule has 0 aliphatic carbocycles. The van der Waals surface area contributed by atoms with Gasteiger partial charge in [-0.05, 0) is 34.5 Å². The van der Waals surface area contributed by atoms with Crippen molar-refractivity contribution >= 4 is 23.2 Å². The zero-order chi connectivity index (χ0) is 16.1. The van der Waals surface area contributed by atoms with E-state index in [9.17, 15) is 4.79 Å². The van der Waals surface area contributed by atoms with E-state index in [-0.39, 0.29) is 17.9 Å². The molecule has 2 N–H and O–H groups in total. The molecule has 3 aromatic heterocycles. The summed E-state index contributed by atoms with van der Waals surface area (Å²) in [5.74, 6) is 0.694. The summed E-state index contributed by atoms with van der Waals surface area (Å²) in [6.07, 6.45) is 4.22. The van der Waals surface area contributed by atoms with Crippen molar-refractivity contribution in [2.24, 2.45) is 0 Å². The number of ether oxygens (including phenoxy) is 1. The lowest BCUT2D eigenvalue weighted by atomic mass is 10.1. The Kier molecular flexibility index (Phi) is 4.84. The molecule has 23 heavy (non-hydrogen) atoms. The van der Waals surface area contributed by atoms with Crippen molar-refractivity contribution in [2.45, 2.75) is 19.1 Å². The van der Waals surface area contributed by atoms with Crippen LogP contribution in [0.3, 0.4) is 0 Å². The molecule has 0 bridgehead atoms. The molecule has 0 spiro atoms. The van der Waals surface area contributed by atoms with E-state index in [0.717, 1.165) is 5.56 Å². The summed E-state index contributed by atoms with van der Waals surface area (Å²) in [6.45, 7) is 0.323. The van der Waals surface area contributed by atoms with Crippen LogP contribution in [0.25, 0.3) is 0 Å². The molecule has 0 aliphatic heterocycles. The number of thiophene rings is 1. The average molecular weight is 331 g/mol. The number of hydrogen-bond donors (Lipinski definition) is 2. The summed E-state index contributed by atoms with van der Waals surface area (Å²) in [6, 6.07) is 5.88. The lowest BCUT2D eigenvalue weighted by Crippen LogP contribution is -2.19. The molecule has 8 heteroatoms. The molecule has 0 fully saturated rings. The number of H-pyrrole nitrogens is 1. The van der Waals surface area contributed by atoms with Crippen LogP contribution in [0.5, 0.6) is 0 Å². The summed E-state index contributed by atoms with van der Waals surface area (Å²) in [4.78, 5) is 16.5. The Balaban J connectivity index is 1.68. The van der Waals surface area contributed by atoms with Gasteiger partial charge in [0, 0.05) is 19.5 Å². The summed E-state index contributed by atoms with van der Waals surface area (Å²) in [5.41, 5.74) is 1.11. The Morgan fingerprint density at radius 3 is 3.00 bits per heavy atom. The maximum absolute atomic E-state index is 12.3. The zero-order valence-electron chi connectivity index (χ0n) is 12.6. The number of rotatable bonds is 7. The van der Waals surface area contributed by atoms with E-state index < -0.39 is 0 Å². The number of anilines is 1. The van der Waals surface area contributed by atoms with Crippen molar-refractivity contribution in [1.29, 1.82) is 0 Å². The molecular formula is C15H17N5O2S. The van der Waals surface area contributed by atoms with Crippen LogP contribution in [0.1, 0.15) is 23.9 Å². The van der Waals surface area contributed by atoms with E-state index in [4.69, 9.17) is 4.74 Å². The number of aromatic amines is 1. The maximum atomic E-state index is 12.3. The Morgan fingerprint density at radius 2 is 2.30 bits per heavy atom. The molecule has 0 unspecified atom stereocenters. The van der Waals surface area contributed by atoms with Crippen LogP contribution in [0.4, 0.5) is 5.95 Å². The third kappa shape index (κ3) is 3.85. The molecule has 3 heterocycles. The fraction of sp³-hybridized carbons (Fsp3) is 0.267. The molecule has 1 amide bonds. The summed E-state index contributed by atoms with van der Waals surface area (Å²) in [7, 11) is 1.57. The highest BCUT2D eigenvalue weighted by Crippen LogP contribution is 2.24. The third-order valence-corrected chi connectivity index (χ3v) is 4.06. The molecule has 1 atom stereocenters. The van der Waals surface area contributed by atoms with Crippen LogP contribution in [-0.2, 0) is 16.1 Å². The predicted octanol–water partition coefficient (Wildman–Crippen LogP) is 2.43. The summed E-state index contributed by atoms with van der Waals surface area (Å²) >= 11 is 1.62. The molecule has 0 saturated carbocycles. The van der Waals surface area contributed by atoms with Gasteiger partial charge in [0.15, 0.2) is 5.82 Å². The van der Waals surface area contributed by atoms with Crippen molar-refractivity contribution in [2.75, 3.05) is 12.4 Å². The standard InChI is InChI=1S/C15H17N5O2S/c1-22-9-13-16-15(19-18-13)17-14(21)8-12(11-4-7-23-10-11)20-5-2-3-6-20/h2-7,10,12H,8-9H2,1H3,(H2,16,17,18,19,21)/t12-/m1/s1. The van der Waals surface area contributed by atoms with Crippen molar-refractivity contribution in [3.05, 3.63) is 52.7 Å². The van der Waals surface area contributed by atoms with E-state index >= 15 is 0 Å². The first kappa shape index (κ1) is 15.4. The SMILES string of the molecule is COCc1nc(NC(=O)C[C@H](c2ccsc2)n2cccc2)n[nH]1. The molecule has 0 saturated heterocycles. The summed E-state index contributed by atoms with van der Waals surface area (Å²) in [5, 5.41) is 13.5. The molecule has 7 nitrogen and oxygen atoms in total. The Bertz CT molecular complexity index is 702. The molecule has 3 aromatic rings. The van der Waals surface area contributed by atoms with Crippen molar-refractivity contribution in [3.63, 3.8) is 0 Å². The van der Waals surface area contributed by atoms with Gasteiger partial charge in [-0.1, -0.05) is 0 Å². The normalized spacial score (nSPS) is 12.2. The number of carbonyl (C=O) groups is 1. The number of nitrogens with one attached hydrogen (secondary N) is 2. The van der Waals surface area contributed by atoms with E-state index in [2.05, 4.69) is 25.9 Å². The van der Waals surface area contributed by atoms with Gasteiger partial charge in [-0.3, -0.25) is 15.2 Å². The molecule has 0 aromatic carbocycles. The lowest BCUT2D eigenvalue weighted by Gasteiger charge is -2.17. The van der Waals surface area contributed by atoms with Crippen LogP contribution >= 0.6 is 11.3 Å². The topological polar surface area (TPSA) is 84.8 Å². The average Bonchev–Trinajstić information content (AvgIpc) is 3.28. The highest BCUT2D eigenvalue weighted by molar-refractivity contribution is 7.08. The van der Waals surface area contributed by atoms with Crippen LogP contribution in [-0.4, -0.2) is 32.8 Å². The second-order valence-electron chi connectivity index (χ2n) is 4.99. The van der Waals surface area contributed by atoms with Gasteiger partial charge in [-0.2, -0.15) is 16.3 Å². The van der Waals surface area contributed by atoms with Crippen molar-refractivity contribution < 1.29 is 9.53 Å². The Labute approximate surface area is 137 Å². The number of nitrogens with zero attached hydrogens (tertiary/aromatic N) is 3. The zero-order valence-corrected chi connectivity index (χ0v) is 13.4. The van der Waals surface area contributed by atoms with Crippen LogP contribution in [0, 0.1) is 0 Å². The number of aromatic nitrogens is 4. The van der Waals surface area contributed by atoms with Gasteiger partial charge in [0.25, 0.3) is 0 Å². The second kappa shape index (κ2) is 7.21. The minimum absolute atomic E-state index is 0.0476. The first-order chi connectivity index (χ1) is 11.3. The molecule has 0 aliphatic rings. The van der Waals surface area contributed by atoms with Gasteiger partial charge in [-0.25, -0.2) is 0 Å². The summed E-state index contributed by atoms with van der Waals surface area (Å²) < 4.78 is 6.98. The van der Waals surface area contributed by atoms with E-state index in [0.29, 0.717) is 18.9 Å². The number of carbonyl (C=O) groups excluding carboxylic acids is 1. The Hall–Kier alpha value is -2.45. The number of amides is 1. The highest BCUT2D eigenvalue weighted by Gasteiger charge is 2.18. The monoisotopic (exact) mass is 331 g/mol. The van der Waals surface area contributed by atoms with Gasteiger partial charge in [0.05, 0.1) is 12.5 Å². The van der Waals surface area contributed by atoms with E-state index in [1.807, 2.05) is 40.5 Å². The highest BCUT2D eigenvalue weighted by atomic mass is 32.1. The van der Waals surface area contributed by atoms with Crippen molar-refractivity contribution in [3.8, 4) is 0 Å². The van der Waals surface area contributed by atoms with E-state index in [1.165, 1.54) is 0 Å².